The quantitative estimate of drug-likeness (QED) is 0.897. The number of aliphatic carboxylic acids is 1. The molecule has 0 spiro atoms. The molecule has 0 saturated heterocycles. The van der Waals surface area contributed by atoms with E-state index < -0.39 is 11.5 Å². The minimum Gasteiger partial charge on any atom is -0.481 e. The topological polar surface area (TPSA) is 66.4 Å². The summed E-state index contributed by atoms with van der Waals surface area (Å²) in [6, 6.07) is 5.74. The number of nitrogens with one attached hydrogen (secondary N) is 1. The average Bonchev–Trinajstić information content (AvgIpc) is 2.94. The summed E-state index contributed by atoms with van der Waals surface area (Å²) in [5.41, 5.74) is 2.42. The molecule has 0 aliphatic heterocycles. The number of fused-ring (bicyclic) bond motifs is 1. The number of rotatable bonds is 4. The fraction of sp³-hybridized carbons (Fsp3) is 0.444. The second-order valence-electron chi connectivity index (χ2n) is 6.37. The third-order valence-corrected chi connectivity index (χ3v) is 4.71. The Kier molecular flexibility index (Phi) is 4.01. The van der Waals surface area contributed by atoms with Gasteiger partial charge in [-0.2, -0.15) is 0 Å². The predicted octanol–water partition coefficient (Wildman–Crippen LogP) is 3.16. The van der Waals surface area contributed by atoms with Gasteiger partial charge in [0.25, 0.3) is 5.91 Å². The molecule has 2 N–H and O–H groups in total. The molecule has 4 nitrogen and oxygen atoms in total. The number of hydrogen-bond acceptors (Lipinski definition) is 2. The lowest BCUT2D eigenvalue weighted by atomic mass is 9.91. The minimum atomic E-state index is -0.849. The van der Waals surface area contributed by atoms with E-state index in [-0.39, 0.29) is 12.3 Å². The van der Waals surface area contributed by atoms with Crippen LogP contribution in [0.5, 0.6) is 0 Å². The zero-order chi connectivity index (χ0) is 15.6. The molecule has 1 amide bonds. The molecule has 2 aliphatic carbocycles. The lowest BCUT2D eigenvalue weighted by Crippen LogP contribution is -2.47. The van der Waals surface area contributed by atoms with Crippen molar-refractivity contribution in [2.75, 3.05) is 0 Å². The summed E-state index contributed by atoms with van der Waals surface area (Å²) in [4.78, 5) is 23.7. The summed E-state index contributed by atoms with van der Waals surface area (Å²) in [5, 5.41) is 12.1. The van der Waals surface area contributed by atoms with Crippen molar-refractivity contribution in [3.05, 3.63) is 41.0 Å². The number of hydrogen-bond donors (Lipinski definition) is 2. The Bertz CT molecular complexity index is 627. The average molecular weight is 299 g/mol. The van der Waals surface area contributed by atoms with Crippen LogP contribution in [0.15, 0.2) is 24.3 Å². The van der Waals surface area contributed by atoms with Crippen molar-refractivity contribution in [3.63, 3.8) is 0 Å². The van der Waals surface area contributed by atoms with Gasteiger partial charge in [0.1, 0.15) is 0 Å². The molecule has 0 aromatic heterocycles. The third-order valence-electron chi connectivity index (χ3n) is 4.71. The molecular weight excluding hydrogens is 278 g/mol. The standard InChI is InChI=1S/C18H21NO3/c20-16(21)12-18(9-3-4-10-18)19-17(22)15-8-7-13-5-1-2-6-14(13)11-15/h1,5,7-8,11H,2-4,6,9-10,12H2,(H,19,22)(H,20,21). The summed E-state index contributed by atoms with van der Waals surface area (Å²) in [7, 11) is 0. The van der Waals surface area contributed by atoms with Crippen LogP contribution >= 0.6 is 0 Å². The number of aryl methyl sites for hydroxylation is 1. The van der Waals surface area contributed by atoms with Crippen LogP contribution in [0.3, 0.4) is 0 Å². The van der Waals surface area contributed by atoms with Crippen LogP contribution in [0.2, 0.25) is 0 Å². The molecule has 0 bridgehead atoms. The molecule has 4 heteroatoms. The SMILES string of the molecule is O=C(O)CC1(NC(=O)c2ccc3c(c2)CCC=C3)CCCC1. The Morgan fingerprint density at radius 2 is 2.00 bits per heavy atom. The van der Waals surface area contributed by atoms with E-state index in [2.05, 4.69) is 17.5 Å². The molecule has 1 saturated carbocycles. The molecule has 0 unspecified atom stereocenters. The zero-order valence-corrected chi connectivity index (χ0v) is 12.6. The lowest BCUT2D eigenvalue weighted by molar-refractivity contribution is -0.138. The summed E-state index contributed by atoms with van der Waals surface area (Å²) >= 11 is 0. The lowest BCUT2D eigenvalue weighted by Gasteiger charge is -2.29. The van der Waals surface area contributed by atoms with Crippen LogP contribution in [-0.2, 0) is 11.2 Å². The molecule has 1 fully saturated rings. The van der Waals surface area contributed by atoms with Crippen LogP contribution < -0.4 is 5.32 Å². The van der Waals surface area contributed by atoms with Crippen molar-refractivity contribution >= 4 is 18.0 Å². The molecule has 22 heavy (non-hydrogen) atoms. The van der Waals surface area contributed by atoms with Crippen LogP contribution in [-0.4, -0.2) is 22.5 Å². The van der Waals surface area contributed by atoms with E-state index in [9.17, 15) is 9.59 Å². The highest BCUT2D eigenvalue weighted by Crippen LogP contribution is 2.33. The highest BCUT2D eigenvalue weighted by molar-refractivity contribution is 5.95. The number of allylic oxidation sites excluding steroid dienone is 1. The maximum atomic E-state index is 12.6. The molecule has 2 aliphatic rings. The van der Waals surface area contributed by atoms with E-state index in [1.165, 1.54) is 11.1 Å². The van der Waals surface area contributed by atoms with Gasteiger partial charge >= 0.3 is 5.97 Å². The second-order valence-corrected chi connectivity index (χ2v) is 6.37. The summed E-state index contributed by atoms with van der Waals surface area (Å²) in [6.45, 7) is 0. The van der Waals surface area contributed by atoms with Crippen LogP contribution in [0.25, 0.3) is 6.08 Å². The van der Waals surface area contributed by atoms with Crippen molar-refractivity contribution in [3.8, 4) is 0 Å². The van der Waals surface area contributed by atoms with Gasteiger partial charge < -0.3 is 10.4 Å². The number of amides is 1. The van der Waals surface area contributed by atoms with Gasteiger partial charge in [0, 0.05) is 5.56 Å². The fourth-order valence-electron chi connectivity index (χ4n) is 3.58. The molecule has 116 valence electrons. The third kappa shape index (κ3) is 3.06. The van der Waals surface area contributed by atoms with Crippen molar-refractivity contribution in [2.24, 2.45) is 0 Å². The molecule has 0 radical (unpaired) electrons. The first-order chi connectivity index (χ1) is 10.6. The number of carboxylic acid groups (broad SMARTS) is 1. The van der Waals surface area contributed by atoms with Crippen molar-refractivity contribution in [2.45, 2.75) is 50.5 Å². The zero-order valence-electron chi connectivity index (χ0n) is 12.6. The van der Waals surface area contributed by atoms with Gasteiger partial charge in [-0.1, -0.05) is 31.1 Å². The Hall–Kier alpha value is -2.10. The van der Waals surface area contributed by atoms with Gasteiger partial charge in [0.15, 0.2) is 0 Å². The number of carbonyl (C=O) groups excluding carboxylic acids is 1. The second kappa shape index (κ2) is 5.95. The van der Waals surface area contributed by atoms with Gasteiger partial charge in [-0.3, -0.25) is 9.59 Å². The van der Waals surface area contributed by atoms with Crippen molar-refractivity contribution in [1.82, 2.24) is 5.32 Å². The first-order valence-corrected chi connectivity index (χ1v) is 7.92. The monoisotopic (exact) mass is 299 g/mol. The molecular formula is C18H21NO3. The number of carboxylic acids is 1. The van der Waals surface area contributed by atoms with Gasteiger partial charge in [-0.25, -0.2) is 0 Å². The Labute approximate surface area is 130 Å². The summed E-state index contributed by atoms with van der Waals surface area (Å²) in [6.07, 6.45) is 9.63. The van der Waals surface area contributed by atoms with Gasteiger partial charge in [0.05, 0.1) is 12.0 Å². The van der Waals surface area contributed by atoms with E-state index in [0.29, 0.717) is 5.56 Å². The first kappa shape index (κ1) is 14.8. The fourth-order valence-corrected chi connectivity index (χ4v) is 3.58. The van der Waals surface area contributed by atoms with Crippen LogP contribution in [0.4, 0.5) is 0 Å². The Morgan fingerprint density at radius 3 is 2.73 bits per heavy atom. The van der Waals surface area contributed by atoms with Crippen molar-refractivity contribution < 1.29 is 14.7 Å². The minimum absolute atomic E-state index is 0.00637. The highest BCUT2D eigenvalue weighted by atomic mass is 16.4. The van der Waals surface area contributed by atoms with Gasteiger partial charge in [-0.15, -0.1) is 0 Å². The summed E-state index contributed by atoms with van der Waals surface area (Å²) in [5.74, 6) is -1.00. The maximum Gasteiger partial charge on any atom is 0.305 e. The maximum absolute atomic E-state index is 12.6. The molecule has 3 rings (SSSR count). The van der Waals surface area contributed by atoms with Gasteiger partial charge in [0.2, 0.25) is 0 Å². The number of carbonyl (C=O) groups is 2. The van der Waals surface area contributed by atoms with Crippen molar-refractivity contribution in [1.29, 1.82) is 0 Å². The van der Waals surface area contributed by atoms with Crippen LogP contribution in [0, 0.1) is 0 Å². The number of benzene rings is 1. The summed E-state index contributed by atoms with van der Waals surface area (Å²) < 4.78 is 0. The molecule has 0 heterocycles. The van der Waals surface area contributed by atoms with E-state index in [1.807, 2.05) is 18.2 Å². The molecule has 1 aromatic carbocycles. The van der Waals surface area contributed by atoms with E-state index >= 15 is 0 Å². The Morgan fingerprint density at radius 1 is 1.23 bits per heavy atom. The highest BCUT2D eigenvalue weighted by Gasteiger charge is 2.37. The normalized spacial score (nSPS) is 18.7. The van der Waals surface area contributed by atoms with Crippen LogP contribution in [0.1, 0.15) is 60.0 Å². The Balaban J connectivity index is 1.78. The van der Waals surface area contributed by atoms with E-state index in [4.69, 9.17) is 5.11 Å². The molecule has 1 aromatic rings. The molecule has 0 atom stereocenters. The largest absolute Gasteiger partial charge is 0.481 e. The van der Waals surface area contributed by atoms with E-state index in [1.54, 1.807) is 0 Å². The van der Waals surface area contributed by atoms with Gasteiger partial charge in [-0.05, 0) is 48.9 Å². The predicted molar refractivity (Wildman–Crippen MR) is 84.7 cm³/mol. The smallest absolute Gasteiger partial charge is 0.305 e. The first-order valence-electron chi connectivity index (χ1n) is 7.92. The van der Waals surface area contributed by atoms with E-state index in [0.717, 1.165) is 38.5 Å².